The van der Waals surface area contributed by atoms with Crippen molar-refractivity contribution in [1.82, 2.24) is 15.5 Å². The lowest BCUT2D eigenvalue weighted by Gasteiger charge is -2.19. The average Bonchev–Trinajstić information content (AvgIpc) is 2.94. The maximum atomic E-state index is 4.30. The van der Waals surface area contributed by atoms with E-state index in [-0.39, 0.29) is 5.54 Å². The van der Waals surface area contributed by atoms with Crippen LogP contribution in [-0.2, 0) is 12.8 Å². The minimum absolute atomic E-state index is 0.164. The number of hydrogen-bond donors (Lipinski definition) is 1. The molecule has 0 aliphatic heterocycles. The number of thiophene rings is 1. The fourth-order valence-corrected chi connectivity index (χ4v) is 3.52. The van der Waals surface area contributed by atoms with Crippen LogP contribution in [0.4, 0.5) is 0 Å². The minimum atomic E-state index is 0.164. The fourth-order valence-electron chi connectivity index (χ4n) is 1.68. The summed E-state index contributed by atoms with van der Waals surface area (Å²) in [6, 6.07) is 4.34. The van der Waals surface area contributed by atoms with Crippen LogP contribution in [0.15, 0.2) is 12.1 Å². The Bertz CT molecular complexity index is 523. The lowest BCUT2D eigenvalue weighted by Crippen LogP contribution is -2.37. The van der Waals surface area contributed by atoms with Crippen molar-refractivity contribution < 1.29 is 0 Å². The smallest absolute Gasteiger partial charge is 0.157 e. The first-order chi connectivity index (χ1) is 8.98. The van der Waals surface area contributed by atoms with Gasteiger partial charge < -0.3 is 5.32 Å². The summed E-state index contributed by atoms with van der Waals surface area (Å²) in [5.41, 5.74) is 0.164. The van der Waals surface area contributed by atoms with Crippen molar-refractivity contribution >= 4 is 22.7 Å². The highest BCUT2D eigenvalue weighted by Crippen LogP contribution is 2.30. The molecule has 2 aromatic heterocycles. The summed E-state index contributed by atoms with van der Waals surface area (Å²) in [4.78, 5) is 2.64. The fraction of sp³-hybridized carbons (Fsp3) is 0.571. The second-order valence-corrected chi connectivity index (χ2v) is 7.78. The number of aromatic nitrogens is 2. The Balaban J connectivity index is 1.95. The summed E-state index contributed by atoms with van der Waals surface area (Å²) in [5, 5.41) is 14.2. The van der Waals surface area contributed by atoms with Crippen molar-refractivity contribution in [3.63, 3.8) is 0 Å². The molecule has 0 aliphatic rings. The molecule has 0 saturated carbocycles. The maximum absolute atomic E-state index is 4.30. The highest BCUT2D eigenvalue weighted by molar-refractivity contribution is 7.21. The summed E-state index contributed by atoms with van der Waals surface area (Å²) >= 11 is 3.53. The van der Waals surface area contributed by atoms with Gasteiger partial charge in [0, 0.05) is 23.4 Å². The first-order valence-corrected chi connectivity index (χ1v) is 8.28. The first kappa shape index (κ1) is 14.6. The summed E-state index contributed by atoms with van der Waals surface area (Å²) in [6.45, 7) is 9.66. The van der Waals surface area contributed by atoms with E-state index >= 15 is 0 Å². The zero-order chi connectivity index (χ0) is 13.9. The van der Waals surface area contributed by atoms with Crippen molar-refractivity contribution in [2.75, 3.05) is 6.54 Å². The van der Waals surface area contributed by atoms with E-state index in [0.717, 1.165) is 29.4 Å². The van der Waals surface area contributed by atoms with Crippen LogP contribution in [0.25, 0.3) is 9.88 Å². The first-order valence-electron chi connectivity index (χ1n) is 6.64. The summed E-state index contributed by atoms with van der Waals surface area (Å²) in [5.74, 6) is 0. The van der Waals surface area contributed by atoms with Gasteiger partial charge in [-0.05, 0) is 39.3 Å². The molecular formula is C14H21N3S2. The molecule has 0 spiro atoms. The van der Waals surface area contributed by atoms with Crippen LogP contribution < -0.4 is 5.32 Å². The molecule has 2 aromatic rings. The van der Waals surface area contributed by atoms with E-state index in [4.69, 9.17) is 0 Å². The van der Waals surface area contributed by atoms with Gasteiger partial charge in [-0.25, -0.2) is 0 Å². The van der Waals surface area contributed by atoms with Gasteiger partial charge in [-0.15, -0.1) is 21.5 Å². The number of aryl methyl sites for hydroxylation is 1. The van der Waals surface area contributed by atoms with Gasteiger partial charge >= 0.3 is 0 Å². The molecular weight excluding hydrogens is 274 g/mol. The van der Waals surface area contributed by atoms with Gasteiger partial charge in [0.2, 0.25) is 0 Å². The molecule has 3 nitrogen and oxygen atoms in total. The van der Waals surface area contributed by atoms with Crippen LogP contribution >= 0.6 is 22.7 Å². The number of hydrogen-bond acceptors (Lipinski definition) is 5. The molecule has 2 heterocycles. The Morgan fingerprint density at radius 3 is 2.58 bits per heavy atom. The molecule has 19 heavy (non-hydrogen) atoms. The highest BCUT2D eigenvalue weighted by atomic mass is 32.1. The van der Waals surface area contributed by atoms with E-state index in [1.54, 1.807) is 11.3 Å². The molecule has 1 N–H and O–H groups in total. The van der Waals surface area contributed by atoms with E-state index in [2.05, 4.69) is 55.3 Å². The second-order valence-electron chi connectivity index (χ2n) is 5.55. The molecule has 0 radical (unpaired) electrons. The maximum Gasteiger partial charge on any atom is 0.157 e. The molecule has 2 rings (SSSR count). The predicted molar refractivity (Wildman–Crippen MR) is 84.1 cm³/mol. The van der Waals surface area contributed by atoms with Crippen molar-refractivity contribution in [3.05, 3.63) is 22.0 Å². The third-order valence-corrected chi connectivity index (χ3v) is 5.06. The Hall–Kier alpha value is -0.780. The number of nitrogens with one attached hydrogen (secondary N) is 1. The Morgan fingerprint density at radius 1 is 1.16 bits per heavy atom. The lowest BCUT2D eigenvalue weighted by atomic mass is 10.1. The van der Waals surface area contributed by atoms with Crippen LogP contribution in [0.3, 0.4) is 0 Å². The van der Waals surface area contributed by atoms with Gasteiger partial charge in [-0.2, -0.15) is 0 Å². The topological polar surface area (TPSA) is 37.8 Å². The van der Waals surface area contributed by atoms with E-state index in [0.29, 0.717) is 0 Å². The monoisotopic (exact) mass is 295 g/mol. The minimum Gasteiger partial charge on any atom is -0.312 e. The molecule has 5 heteroatoms. The number of rotatable bonds is 5. The van der Waals surface area contributed by atoms with E-state index in [9.17, 15) is 0 Å². The van der Waals surface area contributed by atoms with Crippen LogP contribution in [0.5, 0.6) is 0 Å². The number of nitrogens with zero attached hydrogens (tertiary/aromatic N) is 2. The zero-order valence-corrected chi connectivity index (χ0v) is 13.6. The molecule has 0 fully saturated rings. The molecule has 0 saturated heterocycles. The molecule has 0 aliphatic carbocycles. The zero-order valence-electron chi connectivity index (χ0n) is 12.0. The SMILES string of the molecule is CCc1ccc(-c2nnc(CCNC(C)(C)C)s2)s1. The molecule has 0 atom stereocenters. The third-order valence-electron chi connectivity index (χ3n) is 2.68. The summed E-state index contributed by atoms with van der Waals surface area (Å²) in [7, 11) is 0. The summed E-state index contributed by atoms with van der Waals surface area (Å²) < 4.78 is 0. The van der Waals surface area contributed by atoms with Gasteiger partial charge in [0.1, 0.15) is 5.01 Å². The van der Waals surface area contributed by atoms with Gasteiger partial charge in [-0.1, -0.05) is 18.3 Å². The van der Waals surface area contributed by atoms with Gasteiger partial charge in [0.25, 0.3) is 0 Å². The molecule has 0 bridgehead atoms. The van der Waals surface area contributed by atoms with Crippen LogP contribution in [0, 0.1) is 0 Å². The molecule has 0 amide bonds. The quantitative estimate of drug-likeness (QED) is 0.912. The van der Waals surface area contributed by atoms with Gasteiger partial charge in [0.15, 0.2) is 5.01 Å². The highest BCUT2D eigenvalue weighted by Gasteiger charge is 2.11. The van der Waals surface area contributed by atoms with Gasteiger partial charge in [0.05, 0.1) is 4.88 Å². The average molecular weight is 295 g/mol. The second kappa shape index (κ2) is 6.11. The van der Waals surface area contributed by atoms with Crippen molar-refractivity contribution in [2.24, 2.45) is 0 Å². The molecule has 0 unspecified atom stereocenters. The largest absolute Gasteiger partial charge is 0.312 e. The van der Waals surface area contributed by atoms with Crippen LogP contribution in [0.1, 0.15) is 37.6 Å². The summed E-state index contributed by atoms with van der Waals surface area (Å²) in [6.07, 6.45) is 2.03. The Kier molecular flexibility index (Phi) is 4.71. The van der Waals surface area contributed by atoms with Crippen LogP contribution in [-0.4, -0.2) is 22.3 Å². The van der Waals surface area contributed by atoms with Crippen molar-refractivity contribution in [2.45, 2.75) is 46.1 Å². The molecule has 104 valence electrons. The Morgan fingerprint density at radius 2 is 1.95 bits per heavy atom. The predicted octanol–water partition coefficient (Wildman–Crippen LogP) is 3.76. The third kappa shape index (κ3) is 4.37. The normalized spacial score (nSPS) is 12.0. The Labute approximate surface area is 123 Å². The van der Waals surface area contributed by atoms with Crippen molar-refractivity contribution in [3.8, 4) is 9.88 Å². The van der Waals surface area contributed by atoms with Crippen LogP contribution in [0.2, 0.25) is 0 Å². The molecule has 0 aromatic carbocycles. The standard InChI is InChI=1S/C14H21N3S2/c1-5-10-6-7-11(18-10)13-17-16-12(19-13)8-9-15-14(2,3)4/h6-7,15H,5,8-9H2,1-4H3. The van der Waals surface area contributed by atoms with Crippen molar-refractivity contribution in [1.29, 1.82) is 0 Å². The lowest BCUT2D eigenvalue weighted by molar-refractivity contribution is 0.429. The van der Waals surface area contributed by atoms with Gasteiger partial charge in [-0.3, -0.25) is 0 Å². The van der Waals surface area contributed by atoms with E-state index in [1.807, 2.05) is 11.3 Å². The van der Waals surface area contributed by atoms with E-state index < -0.39 is 0 Å². The van der Waals surface area contributed by atoms with E-state index in [1.165, 1.54) is 9.75 Å².